The van der Waals surface area contributed by atoms with Gasteiger partial charge in [0.05, 0.1) is 0 Å². The van der Waals surface area contributed by atoms with Gasteiger partial charge in [0.2, 0.25) is 0 Å². The number of carbonyl (C=O) groups is 1. The van der Waals surface area contributed by atoms with Crippen molar-refractivity contribution >= 4 is 5.97 Å². The van der Waals surface area contributed by atoms with Crippen LogP contribution in [0.2, 0.25) is 0 Å². The number of aliphatic carboxylic acids is 1. The standard InChI is InChI=1S/C11H16N4O2/c12-9(11(16)17)10-14-5-3-8(15-10)7-2-1-4-13-6-7/h3,5,7,9,13H,1-2,4,6,12H2,(H,16,17). The van der Waals surface area contributed by atoms with E-state index in [-0.39, 0.29) is 5.82 Å². The smallest absolute Gasteiger partial charge is 0.328 e. The normalized spacial score (nSPS) is 22.1. The number of hydrogen-bond donors (Lipinski definition) is 3. The minimum absolute atomic E-state index is 0.181. The molecule has 2 unspecified atom stereocenters. The summed E-state index contributed by atoms with van der Waals surface area (Å²) in [5.41, 5.74) is 6.37. The highest BCUT2D eigenvalue weighted by Crippen LogP contribution is 2.21. The maximum Gasteiger partial charge on any atom is 0.328 e. The lowest BCUT2D eigenvalue weighted by Crippen LogP contribution is -2.30. The summed E-state index contributed by atoms with van der Waals surface area (Å²) < 4.78 is 0. The molecule has 2 heterocycles. The zero-order valence-electron chi connectivity index (χ0n) is 9.47. The number of piperidine rings is 1. The van der Waals surface area contributed by atoms with E-state index in [1.54, 1.807) is 6.20 Å². The first-order valence-corrected chi connectivity index (χ1v) is 5.70. The van der Waals surface area contributed by atoms with E-state index in [0.29, 0.717) is 5.92 Å². The Balaban J connectivity index is 2.18. The molecule has 92 valence electrons. The molecule has 0 saturated carbocycles. The highest BCUT2D eigenvalue weighted by atomic mass is 16.4. The van der Waals surface area contributed by atoms with Gasteiger partial charge in [-0.15, -0.1) is 0 Å². The molecule has 1 saturated heterocycles. The van der Waals surface area contributed by atoms with Gasteiger partial charge in [0.1, 0.15) is 0 Å². The summed E-state index contributed by atoms with van der Waals surface area (Å²) in [6.45, 7) is 1.90. The first kappa shape index (κ1) is 11.9. The second-order valence-electron chi connectivity index (χ2n) is 4.20. The van der Waals surface area contributed by atoms with Crippen LogP contribution in [0.1, 0.15) is 36.3 Å². The summed E-state index contributed by atoms with van der Waals surface area (Å²) in [5, 5.41) is 12.1. The fourth-order valence-corrected chi connectivity index (χ4v) is 1.98. The van der Waals surface area contributed by atoms with E-state index in [1.165, 1.54) is 0 Å². The van der Waals surface area contributed by atoms with Gasteiger partial charge in [0.15, 0.2) is 11.9 Å². The molecule has 1 aliphatic rings. The number of hydrogen-bond acceptors (Lipinski definition) is 5. The maximum absolute atomic E-state index is 10.8. The fraction of sp³-hybridized carbons (Fsp3) is 0.545. The number of aromatic nitrogens is 2. The highest BCUT2D eigenvalue weighted by molar-refractivity contribution is 5.73. The molecule has 0 aromatic carbocycles. The number of nitrogens with two attached hydrogens (primary N) is 1. The number of rotatable bonds is 3. The zero-order chi connectivity index (χ0) is 12.3. The average Bonchev–Trinajstić information content (AvgIpc) is 2.39. The van der Waals surface area contributed by atoms with Crippen LogP contribution in [0.4, 0.5) is 0 Å². The SMILES string of the molecule is NC(C(=O)O)c1nccc(C2CCCNC2)n1. The summed E-state index contributed by atoms with van der Waals surface area (Å²) >= 11 is 0. The van der Waals surface area contributed by atoms with Gasteiger partial charge in [-0.1, -0.05) is 0 Å². The summed E-state index contributed by atoms with van der Waals surface area (Å²) in [6, 6.07) is 0.682. The largest absolute Gasteiger partial charge is 0.480 e. The first-order valence-electron chi connectivity index (χ1n) is 5.70. The molecule has 6 nitrogen and oxygen atoms in total. The van der Waals surface area contributed by atoms with Crippen LogP contribution in [-0.4, -0.2) is 34.1 Å². The predicted molar refractivity (Wildman–Crippen MR) is 61.4 cm³/mol. The van der Waals surface area contributed by atoms with Crippen LogP contribution in [0.25, 0.3) is 0 Å². The van der Waals surface area contributed by atoms with Gasteiger partial charge in [-0.05, 0) is 25.5 Å². The Labute approximate surface area is 99.3 Å². The molecule has 1 aromatic heterocycles. The topological polar surface area (TPSA) is 101 Å². The van der Waals surface area contributed by atoms with Gasteiger partial charge in [-0.2, -0.15) is 0 Å². The van der Waals surface area contributed by atoms with Crippen molar-refractivity contribution in [2.24, 2.45) is 5.73 Å². The Kier molecular flexibility index (Phi) is 3.65. The molecule has 6 heteroatoms. The summed E-state index contributed by atoms with van der Waals surface area (Å²) in [4.78, 5) is 18.9. The molecule has 0 amide bonds. The number of nitrogens with zero attached hydrogens (tertiary/aromatic N) is 2. The van der Waals surface area contributed by atoms with Crippen molar-refractivity contribution in [3.63, 3.8) is 0 Å². The Morgan fingerprint density at radius 3 is 3.12 bits per heavy atom. The van der Waals surface area contributed by atoms with Crippen molar-refractivity contribution in [3.8, 4) is 0 Å². The van der Waals surface area contributed by atoms with Crippen LogP contribution in [0.15, 0.2) is 12.3 Å². The second kappa shape index (κ2) is 5.20. The first-order chi connectivity index (χ1) is 8.18. The van der Waals surface area contributed by atoms with E-state index < -0.39 is 12.0 Å². The van der Waals surface area contributed by atoms with Crippen LogP contribution in [0.3, 0.4) is 0 Å². The van der Waals surface area contributed by atoms with E-state index in [2.05, 4.69) is 15.3 Å². The third-order valence-corrected chi connectivity index (χ3v) is 2.96. The molecule has 1 aliphatic heterocycles. The van der Waals surface area contributed by atoms with Crippen molar-refractivity contribution in [1.29, 1.82) is 0 Å². The zero-order valence-corrected chi connectivity index (χ0v) is 9.47. The number of carboxylic acids is 1. The molecule has 1 aromatic rings. The van der Waals surface area contributed by atoms with Crippen LogP contribution in [-0.2, 0) is 4.79 Å². The van der Waals surface area contributed by atoms with Gasteiger partial charge in [-0.3, -0.25) is 4.79 Å². The molecule has 2 atom stereocenters. The van der Waals surface area contributed by atoms with E-state index in [1.807, 2.05) is 6.07 Å². The summed E-state index contributed by atoms with van der Waals surface area (Å²) in [5.74, 6) is -0.601. The monoisotopic (exact) mass is 236 g/mol. The molecule has 0 bridgehead atoms. The van der Waals surface area contributed by atoms with E-state index in [9.17, 15) is 4.79 Å². The summed E-state index contributed by atoms with van der Waals surface area (Å²) in [7, 11) is 0. The molecule has 17 heavy (non-hydrogen) atoms. The molecule has 0 aliphatic carbocycles. The van der Waals surface area contributed by atoms with E-state index >= 15 is 0 Å². The van der Waals surface area contributed by atoms with Crippen molar-refractivity contribution in [2.45, 2.75) is 24.8 Å². The Bertz CT molecular complexity index is 404. The third-order valence-electron chi connectivity index (χ3n) is 2.96. The van der Waals surface area contributed by atoms with Crippen molar-refractivity contribution < 1.29 is 9.90 Å². The lowest BCUT2D eigenvalue weighted by molar-refractivity contribution is -0.138. The predicted octanol–water partition coefficient (Wildman–Crippen LogP) is 0.0280. The molecule has 2 rings (SSSR count). The third kappa shape index (κ3) is 2.78. The van der Waals surface area contributed by atoms with Crippen LogP contribution < -0.4 is 11.1 Å². The molecule has 0 radical (unpaired) electrons. The summed E-state index contributed by atoms with van der Waals surface area (Å²) in [6.07, 6.45) is 3.75. The molecule has 1 fully saturated rings. The van der Waals surface area contributed by atoms with Crippen LogP contribution in [0, 0.1) is 0 Å². The molecular weight excluding hydrogens is 220 g/mol. The second-order valence-corrected chi connectivity index (χ2v) is 4.20. The van der Waals surface area contributed by atoms with Gasteiger partial charge in [0, 0.05) is 24.4 Å². The number of nitrogens with one attached hydrogen (secondary N) is 1. The maximum atomic E-state index is 10.8. The quantitative estimate of drug-likeness (QED) is 0.684. The van der Waals surface area contributed by atoms with Gasteiger partial charge in [-0.25, -0.2) is 9.97 Å². The van der Waals surface area contributed by atoms with Crippen molar-refractivity contribution in [2.75, 3.05) is 13.1 Å². The van der Waals surface area contributed by atoms with Gasteiger partial charge >= 0.3 is 5.97 Å². The lowest BCUT2D eigenvalue weighted by Gasteiger charge is -2.22. The molecular formula is C11H16N4O2. The van der Waals surface area contributed by atoms with Crippen LogP contribution >= 0.6 is 0 Å². The van der Waals surface area contributed by atoms with Crippen molar-refractivity contribution in [3.05, 3.63) is 23.8 Å². The Morgan fingerprint density at radius 2 is 2.47 bits per heavy atom. The minimum atomic E-state index is -1.15. The Hall–Kier alpha value is -1.53. The molecule has 4 N–H and O–H groups in total. The van der Waals surface area contributed by atoms with Gasteiger partial charge < -0.3 is 16.2 Å². The van der Waals surface area contributed by atoms with Crippen LogP contribution in [0.5, 0.6) is 0 Å². The fourth-order valence-electron chi connectivity index (χ4n) is 1.98. The lowest BCUT2D eigenvalue weighted by atomic mass is 9.96. The van der Waals surface area contributed by atoms with Gasteiger partial charge in [0.25, 0.3) is 0 Å². The number of carboxylic acid groups (broad SMARTS) is 1. The van der Waals surface area contributed by atoms with E-state index in [0.717, 1.165) is 31.6 Å². The Morgan fingerprint density at radius 1 is 1.65 bits per heavy atom. The molecule has 0 spiro atoms. The van der Waals surface area contributed by atoms with Crippen molar-refractivity contribution in [1.82, 2.24) is 15.3 Å². The highest BCUT2D eigenvalue weighted by Gasteiger charge is 2.21. The van der Waals surface area contributed by atoms with E-state index in [4.69, 9.17) is 10.8 Å². The average molecular weight is 236 g/mol. The minimum Gasteiger partial charge on any atom is -0.480 e.